The number of allylic oxidation sites excluding steroid dienone is 1. The van der Waals surface area contributed by atoms with E-state index in [0.717, 1.165) is 58.3 Å². The molecule has 4 aromatic rings. The number of pyridine rings is 1. The summed E-state index contributed by atoms with van der Waals surface area (Å²) in [4.78, 5) is 20.5. The molecule has 0 bridgehead atoms. The lowest BCUT2D eigenvalue weighted by Crippen LogP contribution is -2.31. The maximum Gasteiger partial charge on any atom is 0.223 e. The number of rotatable bonds is 7. The van der Waals surface area contributed by atoms with Gasteiger partial charge in [-0.2, -0.15) is 14.8 Å². The summed E-state index contributed by atoms with van der Waals surface area (Å²) in [6.07, 6.45) is 9.64. The second-order valence-electron chi connectivity index (χ2n) is 8.17. The van der Waals surface area contributed by atoms with Gasteiger partial charge < -0.3 is 15.6 Å². The van der Waals surface area contributed by atoms with Gasteiger partial charge in [-0.15, -0.1) is 0 Å². The summed E-state index contributed by atoms with van der Waals surface area (Å²) in [7, 11) is 0. The van der Waals surface area contributed by atoms with Gasteiger partial charge in [0.25, 0.3) is 0 Å². The largest absolute Gasteiger partial charge is 0.383 e. The van der Waals surface area contributed by atoms with Crippen LogP contribution in [0.4, 0.5) is 0 Å². The van der Waals surface area contributed by atoms with Crippen molar-refractivity contribution in [3.8, 4) is 11.1 Å². The van der Waals surface area contributed by atoms with E-state index in [1.165, 1.54) is 0 Å². The van der Waals surface area contributed by atoms with Crippen LogP contribution in [0.2, 0.25) is 0 Å². The number of amides is 1. The number of aromatic nitrogens is 5. The molecule has 0 aromatic carbocycles. The Morgan fingerprint density at radius 2 is 2.16 bits per heavy atom. The molecule has 1 aliphatic rings. The van der Waals surface area contributed by atoms with E-state index in [1.54, 1.807) is 23.1 Å². The lowest BCUT2D eigenvalue weighted by molar-refractivity contribution is -0.125. The van der Waals surface area contributed by atoms with E-state index in [-0.39, 0.29) is 17.9 Å². The fourth-order valence-electron chi connectivity index (χ4n) is 4.45. The number of carbonyl (C=O) groups is 1. The fraction of sp³-hybridized carbons (Fsp3) is 0.250. The van der Waals surface area contributed by atoms with Crippen LogP contribution in [0.25, 0.3) is 27.7 Å². The molecule has 8 nitrogen and oxygen atoms in total. The highest BCUT2D eigenvalue weighted by atomic mass is 16.1. The second kappa shape index (κ2) is 8.30. The molecule has 1 aliphatic carbocycles. The van der Waals surface area contributed by atoms with Gasteiger partial charge in [0.1, 0.15) is 5.65 Å². The zero-order chi connectivity index (χ0) is 22.1. The third kappa shape index (κ3) is 3.75. The molecule has 1 amide bonds. The number of fused-ring (bicyclic) bond motifs is 2. The van der Waals surface area contributed by atoms with Gasteiger partial charge in [0, 0.05) is 46.7 Å². The molecule has 162 valence electrons. The highest BCUT2D eigenvalue weighted by Crippen LogP contribution is 2.31. The lowest BCUT2D eigenvalue weighted by atomic mass is 10.1. The van der Waals surface area contributed by atoms with Crippen molar-refractivity contribution in [3.05, 3.63) is 73.5 Å². The van der Waals surface area contributed by atoms with Crippen LogP contribution in [0.15, 0.2) is 67.8 Å². The SMILES string of the molecule is C=CC(=C)N[C@@H]1CC[C@@H](C(=O)NCc2cc3c(-c4cnn5ncccc45)ccnc3[nH]2)C1. The Hall–Kier alpha value is -3.94. The van der Waals surface area contributed by atoms with E-state index in [2.05, 4.69) is 44.0 Å². The van der Waals surface area contributed by atoms with Gasteiger partial charge in [-0.05, 0) is 55.2 Å². The summed E-state index contributed by atoms with van der Waals surface area (Å²) in [5.74, 6) is 0.0912. The second-order valence-corrected chi connectivity index (χ2v) is 8.17. The molecule has 5 rings (SSSR count). The van der Waals surface area contributed by atoms with Gasteiger partial charge in [0.15, 0.2) is 0 Å². The van der Waals surface area contributed by atoms with Crippen molar-refractivity contribution >= 4 is 22.5 Å². The van der Waals surface area contributed by atoms with Crippen LogP contribution in [-0.2, 0) is 11.3 Å². The number of hydrogen-bond acceptors (Lipinski definition) is 5. The third-order valence-electron chi connectivity index (χ3n) is 6.07. The highest BCUT2D eigenvalue weighted by molar-refractivity contribution is 5.97. The molecule has 0 spiro atoms. The predicted molar refractivity (Wildman–Crippen MR) is 124 cm³/mol. The number of aromatic amines is 1. The predicted octanol–water partition coefficient (Wildman–Crippen LogP) is 3.35. The van der Waals surface area contributed by atoms with Gasteiger partial charge in [-0.25, -0.2) is 4.98 Å². The Labute approximate surface area is 185 Å². The molecule has 0 unspecified atom stereocenters. The molecule has 3 N–H and O–H groups in total. The van der Waals surface area contributed by atoms with Gasteiger partial charge in [-0.1, -0.05) is 13.2 Å². The first-order valence-corrected chi connectivity index (χ1v) is 10.7. The Morgan fingerprint density at radius 1 is 1.25 bits per heavy atom. The van der Waals surface area contributed by atoms with Crippen molar-refractivity contribution in [2.45, 2.75) is 31.8 Å². The quantitative estimate of drug-likeness (QED) is 0.393. The highest BCUT2D eigenvalue weighted by Gasteiger charge is 2.29. The molecular weight excluding hydrogens is 402 g/mol. The van der Waals surface area contributed by atoms with E-state index in [4.69, 9.17) is 0 Å². The van der Waals surface area contributed by atoms with Crippen molar-refractivity contribution in [1.82, 2.24) is 35.4 Å². The van der Waals surface area contributed by atoms with Crippen LogP contribution < -0.4 is 10.6 Å². The Morgan fingerprint density at radius 3 is 3.03 bits per heavy atom. The molecule has 1 saturated carbocycles. The first-order valence-electron chi connectivity index (χ1n) is 10.7. The molecule has 4 heterocycles. The minimum Gasteiger partial charge on any atom is -0.383 e. The van der Waals surface area contributed by atoms with E-state index in [0.29, 0.717) is 6.54 Å². The number of nitrogens with one attached hydrogen (secondary N) is 3. The van der Waals surface area contributed by atoms with Crippen LogP contribution in [0.3, 0.4) is 0 Å². The number of nitrogens with zero attached hydrogens (tertiary/aromatic N) is 4. The summed E-state index contributed by atoms with van der Waals surface area (Å²) in [6.45, 7) is 8.04. The number of H-pyrrole nitrogens is 1. The van der Waals surface area contributed by atoms with Gasteiger partial charge >= 0.3 is 0 Å². The standard InChI is InChI=1S/C24H25N7O/c1-3-15(2)29-17-7-6-16(11-17)24(32)26-13-18-12-20-19(8-10-25-23(20)30-18)21-14-28-31-22(21)5-4-9-27-31/h3-5,8-10,12,14,16-17,29H,1-2,6-7,11,13H2,(H,25,30)(H,26,32)/t16-,17-/m1/s1. The van der Waals surface area contributed by atoms with Crippen LogP contribution >= 0.6 is 0 Å². The van der Waals surface area contributed by atoms with Crippen LogP contribution in [0.1, 0.15) is 25.0 Å². The van der Waals surface area contributed by atoms with Gasteiger partial charge in [0.2, 0.25) is 5.91 Å². The molecule has 8 heteroatoms. The maximum absolute atomic E-state index is 12.7. The first kappa shape index (κ1) is 20.0. The van der Waals surface area contributed by atoms with E-state index in [1.807, 2.05) is 30.5 Å². The molecule has 4 aromatic heterocycles. The molecule has 32 heavy (non-hydrogen) atoms. The monoisotopic (exact) mass is 427 g/mol. The molecule has 0 radical (unpaired) electrons. The van der Waals surface area contributed by atoms with Crippen molar-refractivity contribution in [2.24, 2.45) is 5.92 Å². The average Bonchev–Trinajstić information content (AvgIpc) is 3.55. The summed E-state index contributed by atoms with van der Waals surface area (Å²) >= 11 is 0. The maximum atomic E-state index is 12.7. The van der Waals surface area contributed by atoms with Crippen molar-refractivity contribution in [3.63, 3.8) is 0 Å². The lowest BCUT2D eigenvalue weighted by Gasteiger charge is -2.14. The molecular formula is C24H25N7O. The van der Waals surface area contributed by atoms with E-state index >= 15 is 0 Å². The topological polar surface area (TPSA) is 100 Å². The third-order valence-corrected chi connectivity index (χ3v) is 6.07. The Bertz CT molecular complexity index is 1320. The van der Waals surface area contributed by atoms with E-state index in [9.17, 15) is 4.79 Å². The molecule has 2 atom stereocenters. The Kier molecular flexibility index (Phi) is 5.18. The molecule has 1 fully saturated rings. The minimum absolute atomic E-state index is 0.00876. The Balaban J connectivity index is 1.30. The van der Waals surface area contributed by atoms with Crippen molar-refractivity contribution in [2.75, 3.05) is 0 Å². The fourth-order valence-corrected chi connectivity index (χ4v) is 4.45. The van der Waals surface area contributed by atoms with Gasteiger partial charge in [-0.3, -0.25) is 4.79 Å². The van der Waals surface area contributed by atoms with Crippen LogP contribution in [-0.4, -0.2) is 36.7 Å². The van der Waals surface area contributed by atoms with Crippen LogP contribution in [0.5, 0.6) is 0 Å². The zero-order valence-electron chi connectivity index (χ0n) is 17.7. The summed E-state index contributed by atoms with van der Waals surface area (Å²) in [5, 5.41) is 16.0. The summed E-state index contributed by atoms with van der Waals surface area (Å²) in [5.41, 5.74) is 5.45. The normalized spacial score (nSPS) is 18.1. The van der Waals surface area contributed by atoms with Crippen LogP contribution in [0, 0.1) is 5.92 Å². The zero-order valence-corrected chi connectivity index (χ0v) is 17.7. The number of carbonyl (C=O) groups excluding carboxylic acids is 1. The van der Waals surface area contributed by atoms with Gasteiger partial charge in [0.05, 0.1) is 18.3 Å². The van der Waals surface area contributed by atoms with Crippen molar-refractivity contribution in [1.29, 1.82) is 0 Å². The molecule has 0 saturated heterocycles. The van der Waals surface area contributed by atoms with E-state index < -0.39 is 0 Å². The summed E-state index contributed by atoms with van der Waals surface area (Å²) < 4.78 is 1.61. The minimum atomic E-state index is 0.00876. The number of hydrogen-bond donors (Lipinski definition) is 3. The smallest absolute Gasteiger partial charge is 0.223 e. The average molecular weight is 428 g/mol. The van der Waals surface area contributed by atoms with Crippen molar-refractivity contribution < 1.29 is 4.79 Å². The first-order chi connectivity index (χ1) is 15.6. The summed E-state index contributed by atoms with van der Waals surface area (Å²) in [6, 6.07) is 8.18. The molecule has 0 aliphatic heterocycles.